The number of amides is 2. The minimum Gasteiger partial charge on any atom is -0.464 e. The molecule has 0 atom stereocenters. The molecule has 0 aliphatic heterocycles. The summed E-state index contributed by atoms with van der Waals surface area (Å²) in [6.07, 6.45) is 22.4. The first-order valence-corrected chi connectivity index (χ1v) is 12.4. The van der Waals surface area contributed by atoms with E-state index in [4.69, 9.17) is 4.74 Å². The first-order chi connectivity index (χ1) is 15.5. The zero-order valence-corrected chi connectivity index (χ0v) is 20.7. The largest absolute Gasteiger partial charge is 0.464 e. The second-order valence-corrected chi connectivity index (χ2v) is 8.18. The number of nitrogens with one attached hydrogen (secondary N) is 1. The summed E-state index contributed by atoms with van der Waals surface area (Å²) in [5.74, 6) is -0.432. The molecule has 0 saturated heterocycles. The highest BCUT2D eigenvalue weighted by Crippen LogP contribution is 2.08. The van der Waals surface area contributed by atoms with Gasteiger partial charge in [0.05, 0.1) is 6.54 Å². The molecule has 2 amide bonds. The monoisotopic (exact) mass is 450 g/mol. The Labute approximate surface area is 195 Å². The molecule has 0 fully saturated rings. The lowest BCUT2D eigenvalue weighted by Gasteiger charge is -2.20. The molecule has 32 heavy (non-hydrogen) atoms. The van der Waals surface area contributed by atoms with Crippen LogP contribution in [0.15, 0.2) is 24.3 Å². The van der Waals surface area contributed by atoms with Crippen molar-refractivity contribution >= 4 is 17.8 Å². The van der Waals surface area contributed by atoms with Crippen LogP contribution in [-0.2, 0) is 19.1 Å². The summed E-state index contributed by atoms with van der Waals surface area (Å²) >= 11 is 0. The van der Waals surface area contributed by atoms with E-state index in [-0.39, 0.29) is 24.4 Å². The van der Waals surface area contributed by atoms with Crippen molar-refractivity contribution in [3.8, 4) is 0 Å². The van der Waals surface area contributed by atoms with Crippen molar-refractivity contribution in [3.05, 3.63) is 24.3 Å². The molecule has 0 bridgehead atoms. The van der Waals surface area contributed by atoms with Crippen molar-refractivity contribution in [2.75, 3.05) is 26.2 Å². The van der Waals surface area contributed by atoms with Crippen LogP contribution in [0.3, 0.4) is 0 Å². The van der Waals surface area contributed by atoms with Gasteiger partial charge in [0.15, 0.2) is 0 Å². The minimum absolute atomic E-state index is 0.0270. The van der Waals surface area contributed by atoms with Crippen LogP contribution in [0.1, 0.15) is 97.8 Å². The standard InChI is InChI=1S/C26H46N2O4/c1-4-5-6-7-8-9-10-11-12-13-14-15-16-17-18-19-26(31)27-20-21-28(24(2)29)22-23-32-25(3)30/h8-9,11-12H,4-7,10,13-23H2,1-3H3,(H,27,31)/b9-8+,12-11+. The molecular formula is C26H46N2O4. The van der Waals surface area contributed by atoms with Gasteiger partial charge in [0.2, 0.25) is 11.8 Å². The highest BCUT2D eigenvalue weighted by molar-refractivity contribution is 5.76. The van der Waals surface area contributed by atoms with Crippen molar-refractivity contribution in [1.29, 1.82) is 0 Å². The predicted molar refractivity (Wildman–Crippen MR) is 131 cm³/mol. The Morgan fingerprint density at radius 3 is 2.06 bits per heavy atom. The normalized spacial score (nSPS) is 11.2. The summed E-state index contributed by atoms with van der Waals surface area (Å²) < 4.78 is 4.86. The van der Waals surface area contributed by atoms with Crippen molar-refractivity contribution in [3.63, 3.8) is 0 Å². The molecule has 0 aromatic rings. The average Bonchev–Trinajstić information content (AvgIpc) is 2.75. The van der Waals surface area contributed by atoms with Crippen LogP contribution < -0.4 is 5.32 Å². The number of carbonyl (C=O) groups is 3. The maximum absolute atomic E-state index is 11.9. The summed E-state index contributed by atoms with van der Waals surface area (Å²) in [5, 5.41) is 2.86. The second-order valence-electron chi connectivity index (χ2n) is 8.18. The fourth-order valence-corrected chi connectivity index (χ4v) is 3.24. The van der Waals surface area contributed by atoms with Gasteiger partial charge in [0.1, 0.15) is 6.61 Å². The quantitative estimate of drug-likeness (QED) is 0.155. The molecule has 184 valence electrons. The molecule has 0 unspecified atom stereocenters. The number of ether oxygens (including phenoxy) is 1. The van der Waals surface area contributed by atoms with Gasteiger partial charge in [-0.3, -0.25) is 14.4 Å². The summed E-state index contributed by atoms with van der Waals surface area (Å²) in [6, 6.07) is 0. The third kappa shape index (κ3) is 21.1. The van der Waals surface area contributed by atoms with Crippen LogP contribution in [0.5, 0.6) is 0 Å². The molecule has 0 aliphatic rings. The summed E-state index contributed by atoms with van der Waals surface area (Å²) in [4.78, 5) is 35.9. The highest BCUT2D eigenvalue weighted by atomic mass is 16.5. The number of unbranched alkanes of at least 4 members (excludes halogenated alkanes) is 8. The Hall–Kier alpha value is -2.11. The van der Waals surface area contributed by atoms with E-state index < -0.39 is 0 Å². The van der Waals surface area contributed by atoms with Gasteiger partial charge in [0, 0.05) is 33.4 Å². The molecule has 6 nitrogen and oxygen atoms in total. The number of rotatable bonds is 20. The van der Waals surface area contributed by atoms with Crippen molar-refractivity contribution in [2.45, 2.75) is 97.8 Å². The Morgan fingerprint density at radius 2 is 1.44 bits per heavy atom. The van der Waals surface area contributed by atoms with E-state index in [9.17, 15) is 14.4 Å². The van der Waals surface area contributed by atoms with Crippen molar-refractivity contribution in [1.82, 2.24) is 10.2 Å². The summed E-state index contributed by atoms with van der Waals surface area (Å²) in [7, 11) is 0. The lowest BCUT2D eigenvalue weighted by molar-refractivity contribution is -0.143. The molecule has 0 rings (SSSR count). The Balaban J connectivity index is 3.58. The molecule has 0 aliphatic carbocycles. The predicted octanol–water partition coefficient (Wildman–Crippen LogP) is 5.33. The van der Waals surface area contributed by atoms with Crippen LogP contribution in [0, 0.1) is 0 Å². The summed E-state index contributed by atoms with van der Waals surface area (Å²) in [5.41, 5.74) is 0. The molecule has 0 spiro atoms. The Morgan fingerprint density at radius 1 is 0.812 bits per heavy atom. The van der Waals surface area contributed by atoms with Crippen molar-refractivity contribution in [2.24, 2.45) is 0 Å². The SMILES string of the molecule is CCCCC/C=C/C/C=C/CCCCCCCC(=O)NCCN(CCOC(C)=O)C(C)=O. The van der Waals surface area contributed by atoms with E-state index >= 15 is 0 Å². The third-order valence-corrected chi connectivity index (χ3v) is 5.17. The van der Waals surface area contributed by atoms with Crippen LogP contribution in [-0.4, -0.2) is 48.9 Å². The molecule has 0 saturated carbocycles. The maximum atomic E-state index is 11.9. The van der Waals surface area contributed by atoms with E-state index in [1.807, 2.05) is 0 Å². The van der Waals surface area contributed by atoms with Crippen LogP contribution >= 0.6 is 0 Å². The number of hydrogen-bond acceptors (Lipinski definition) is 4. The fraction of sp³-hybridized carbons (Fsp3) is 0.731. The van der Waals surface area contributed by atoms with Crippen LogP contribution in [0.4, 0.5) is 0 Å². The van der Waals surface area contributed by atoms with Gasteiger partial charge < -0.3 is 15.0 Å². The molecular weight excluding hydrogens is 404 g/mol. The first kappa shape index (κ1) is 29.9. The molecule has 1 N–H and O–H groups in total. The minimum atomic E-state index is -0.362. The van der Waals surface area contributed by atoms with Gasteiger partial charge in [-0.2, -0.15) is 0 Å². The van der Waals surface area contributed by atoms with E-state index in [2.05, 4.69) is 36.5 Å². The fourth-order valence-electron chi connectivity index (χ4n) is 3.24. The zero-order valence-electron chi connectivity index (χ0n) is 20.7. The Bertz CT molecular complexity index is 558. The number of esters is 1. The number of nitrogens with zero attached hydrogens (tertiary/aromatic N) is 1. The summed E-state index contributed by atoms with van der Waals surface area (Å²) in [6.45, 7) is 6.40. The van der Waals surface area contributed by atoms with Crippen LogP contribution in [0.2, 0.25) is 0 Å². The van der Waals surface area contributed by atoms with Gasteiger partial charge >= 0.3 is 5.97 Å². The van der Waals surface area contributed by atoms with Gasteiger partial charge in [0.25, 0.3) is 0 Å². The first-order valence-electron chi connectivity index (χ1n) is 12.4. The van der Waals surface area contributed by atoms with Crippen LogP contribution in [0.25, 0.3) is 0 Å². The number of carbonyl (C=O) groups excluding carboxylic acids is 3. The van der Waals surface area contributed by atoms with Gasteiger partial charge in [-0.05, 0) is 38.5 Å². The molecule has 0 aromatic heterocycles. The van der Waals surface area contributed by atoms with E-state index in [0.717, 1.165) is 32.1 Å². The second kappa shape index (κ2) is 22.1. The lowest BCUT2D eigenvalue weighted by Crippen LogP contribution is -2.39. The topological polar surface area (TPSA) is 75.7 Å². The molecule has 0 aromatic carbocycles. The maximum Gasteiger partial charge on any atom is 0.302 e. The van der Waals surface area contributed by atoms with Gasteiger partial charge in [-0.25, -0.2) is 0 Å². The zero-order chi connectivity index (χ0) is 23.9. The van der Waals surface area contributed by atoms with E-state index in [0.29, 0.717) is 26.1 Å². The van der Waals surface area contributed by atoms with Crippen molar-refractivity contribution < 1.29 is 19.1 Å². The lowest BCUT2D eigenvalue weighted by atomic mass is 10.1. The Kier molecular flexibility index (Phi) is 20.6. The number of allylic oxidation sites excluding steroid dienone is 4. The highest BCUT2D eigenvalue weighted by Gasteiger charge is 2.09. The van der Waals surface area contributed by atoms with E-state index in [1.165, 1.54) is 52.4 Å². The third-order valence-electron chi connectivity index (χ3n) is 5.17. The van der Waals surface area contributed by atoms with E-state index in [1.54, 1.807) is 4.90 Å². The molecule has 0 radical (unpaired) electrons. The van der Waals surface area contributed by atoms with Gasteiger partial charge in [-0.1, -0.05) is 63.3 Å². The molecule has 6 heteroatoms. The molecule has 0 heterocycles. The smallest absolute Gasteiger partial charge is 0.302 e. The average molecular weight is 451 g/mol. The van der Waals surface area contributed by atoms with Gasteiger partial charge in [-0.15, -0.1) is 0 Å². The number of hydrogen-bond donors (Lipinski definition) is 1.